The maximum Gasteiger partial charge on any atom is 0.0561 e. The van der Waals surface area contributed by atoms with Gasteiger partial charge in [-0.05, 0) is 116 Å². The first-order valence-corrected chi connectivity index (χ1v) is 23.8. The zero-order chi connectivity index (χ0) is 45.2. The van der Waals surface area contributed by atoms with Gasteiger partial charge in [-0.1, -0.05) is 213 Å². The quantitative estimate of drug-likeness (QED) is 0.161. The van der Waals surface area contributed by atoms with E-state index in [-0.39, 0.29) is 5.41 Å². The predicted octanol–water partition coefficient (Wildman–Crippen LogP) is 17.5. The lowest BCUT2D eigenvalue weighted by atomic mass is 9.53. The predicted molar refractivity (Wildman–Crippen MR) is 287 cm³/mol. The van der Waals surface area contributed by atoms with E-state index in [1.54, 1.807) is 0 Å². The summed E-state index contributed by atoms with van der Waals surface area (Å²) in [5, 5.41) is 8.82. The van der Waals surface area contributed by atoms with Crippen LogP contribution in [0.5, 0.6) is 0 Å². The monoisotopic (exact) mass is 868 g/mol. The van der Waals surface area contributed by atoms with Crippen LogP contribution in [0.1, 0.15) is 30.0 Å². The Morgan fingerprint density at radius 1 is 0.441 bits per heavy atom. The van der Waals surface area contributed by atoms with Gasteiger partial charge in [-0.25, -0.2) is 0 Å². The lowest BCUT2D eigenvalue weighted by Gasteiger charge is -2.48. The molecule has 10 aromatic carbocycles. The smallest absolute Gasteiger partial charge is 0.0561 e. The van der Waals surface area contributed by atoms with Crippen LogP contribution < -0.4 is 5.32 Å². The van der Waals surface area contributed by atoms with Gasteiger partial charge in [0.05, 0.1) is 16.4 Å². The van der Waals surface area contributed by atoms with Crippen molar-refractivity contribution in [1.29, 1.82) is 0 Å². The van der Waals surface area contributed by atoms with Crippen molar-refractivity contribution in [3.8, 4) is 50.2 Å². The summed E-state index contributed by atoms with van der Waals surface area (Å²) < 4.78 is 2.51. The molecule has 0 fully saturated rings. The molecule has 0 radical (unpaired) electrons. The number of nitrogens with one attached hydrogen (secondary N) is 1. The molecule has 322 valence electrons. The highest BCUT2D eigenvalue weighted by Crippen LogP contribution is 2.65. The van der Waals surface area contributed by atoms with E-state index in [1.165, 1.54) is 88.2 Å². The van der Waals surface area contributed by atoms with Crippen LogP contribution in [0.4, 0.5) is 11.4 Å². The van der Waals surface area contributed by atoms with Gasteiger partial charge in [-0.2, -0.15) is 0 Å². The standard InChI is InChI=1S/C66H48N2/c1-65(41-16-5-17-42-65)66(51-25-10-4-11-26-51)58-29-15-14-28-54(58)55-37-40-62-63(64(55)66)57-44-50(34-39-61(57)68(62)52-35-31-46(32-36-52)45-19-6-2-7-20-45)49-33-38-60(56(43-49)48-21-8-3-9-22-48)67-59-30-18-24-47-23-12-13-27-53(47)59/h2-41,43-44,67H,42H2,1H3. The molecule has 2 atom stereocenters. The van der Waals surface area contributed by atoms with Crippen LogP contribution in [0.15, 0.2) is 255 Å². The van der Waals surface area contributed by atoms with Crippen LogP contribution in [0.3, 0.4) is 0 Å². The Morgan fingerprint density at radius 3 is 1.88 bits per heavy atom. The number of aromatic nitrogens is 1. The van der Waals surface area contributed by atoms with Gasteiger partial charge in [0.15, 0.2) is 0 Å². The fourth-order valence-electron chi connectivity index (χ4n) is 11.9. The summed E-state index contributed by atoms with van der Waals surface area (Å²) in [7, 11) is 0. The molecule has 0 spiro atoms. The average molecular weight is 869 g/mol. The molecule has 0 bridgehead atoms. The van der Waals surface area contributed by atoms with E-state index >= 15 is 0 Å². The normalized spacial score (nSPS) is 17.1. The van der Waals surface area contributed by atoms with Crippen molar-refractivity contribution in [3.63, 3.8) is 0 Å². The number of allylic oxidation sites excluding steroid dienone is 4. The van der Waals surface area contributed by atoms with Gasteiger partial charge in [0, 0.05) is 44.2 Å². The van der Waals surface area contributed by atoms with Crippen molar-refractivity contribution in [2.45, 2.75) is 18.8 Å². The summed E-state index contributed by atoms with van der Waals surface area (Å²) in [6, 6.07) is 85.1. The molecule has 1 aromatic heterocycles. The third kappa shape index (κ3) is 6.11. The Labute approximate surface area is 397 Å². The minimum absolute atomic E-state index is 0.278. The van der Waals surface area contributed by atoms with E-state index in [0.717, 1.165) is 29.0 Å². The highest BCUT2D eigenvalue weighted by atomic mass is 15.0. The van der Waals surface area contributed by atoms with Crippen molar-refractivity contribution in [3.05, 3.63) is 272 Å². The van der Waals surface area contributed by atoms with E-state index in [4.69, 9.17) is 0 Å². The molecule has 2 heteroatoms. The average Bonchev–Trinajstić information content (AvgIpc) is 3.91. The Morgan fingerprint density at radius 2 is 1.09 bits per heavy atom. The molecule has 1 heterocycles. The summed E-state index contributed by atoms with van der Waals surface area (Å²) in [5.41, 5.74) is 18.7. The molecule has 11 aromatic rings. The zero-order valence-electron chi connectivity index (χ0n) is 37.9. The van der Waals surface area contributed by atoms with Crippen LogP contribution >= 0.6 is 0 Å². The lowest BCUT2D eigenvalue weighted by Crippen LogP contribution is -2.44. The molecular weight excluding hydrogens is 821 g/mol. The summed E-state index contributed by atoms with van der Waals surface area (Å²) in [6.45, 7) is 2.48. The topological polar surface area (TPSA) is 17.0 Å². The molecule has 2 nitrogen and oxygen atoms in total. The summed E-state index contributed by atoms with van der Waals surface area (Å²) in [4.78, 5) is 0. The highest BCUT2D eigenvalue weighted by Gasteiger charge is 2.56. The molecule has 1 N–H and O–H groups in total. The Hall–Kier alpha value is -8.46. The van der Waals surface area contributed by atoms with Crippen LogP contribution in [0.25, 0.3) is 82.8 Å². The molecule has 2 unspecified atom stereocenters. The molecule has 2 aliphatic rings. The number of nitrogens with zero attached hydrogens (tertiary/aromatic N) is 1. The minimum Gasteiger partial charge on any atom is -0.355 e. The van der Waals surface area contributed by atoms with Gasteiger partial charge in [-0.3, -0.25) is 0 Å². The third-order valence-electron chi connectivity index (χ3n) is 15.0. The molecular formula is C66H48N2. The van der Waals surface area contributed by atoms with Crippen LogP contribution in [-0.4, -0.2) is 4.57 Å². The zero-order valence-corrected chi connectivity index (χ0v) is 37.9. The van der Waals surface area contributed by atoms with E-state index in [2.05, 4.69) is 272 Å². The van der Waals surface area contributed by atoms with E-state index < -0.39 is 5.41 Å². The van der Waals surface area contributed by atoms with E-state index in [0.29, 0.717) is 0 Å². The first-order valence-electron chi connectivity index (χ1n) is 23.8. The summed E-state index contributed by atoms with van der Waals surface area (Å²) in [6.07, 6.45) is 10.2. The third-order valence-corrected chi connectivity index (χ3v) is 15.0. The highest BCUT2D eigenvalue weighted by molar-refractivity contribution is 6.16. The molecule has 0 saturated carbocycles. The van der Waals surface area contributed by atoms with Gasteiger partial charge in [-0.15, -0.1) is 0 Å². The van der Waals surface area contributed by atoms with Crippen molar-refractivity contribution >= 4 is 44.0 Å². The second-order valence-corrected chi connectivity index (χ2v) is 18.7. The molecule has 0 aliphatic heterocycles. The largest absolute Gasteiger partial charge is 0.355 e. The lowest BCUT2D eigenvalue weighted by molar-refractivity contribution is 0.295. The first-order chi connectivity index (χ1) is 33.6. The van der Waals surface area contributed by atoms with Gasteiger partial charge in [0.1, 0.15) is 0 Å². The molecule has 2 aliphatic carbocycles. The van der Waals surface area contributed by atoms with E-state index in [1.807, 2.05) is 0 Å². The summed E-state index contributed by atoms with van der Waals surface area (Å²) in [5.74, 6) is 0. The molecule has 0 amide bonds. The maximum absolute atomic E-state index is 3.86. The van der Waals surface area contributed by atoms with Crippen molar-refractivity contribution < 1.29 is 0 Å². The fraction of sp³-hybridized carbons (Fsp3) is 0.0606. The van der Waals surface area contributed by atoms with Crippen molar-refractivity contribution in [1.82, 2.24) is 4.57 Å². The maximum atomic E-state index is 3.86. The minimum atomic E-state index is -0.497. The number of fused-ring (bicyclic) bond motifs is 8. The van der Waals surface area contributed by atoms with Crippen molar-refractivity contribution in [2.24, 2.45) is 5.41 Å². The number of anilines is 2. The van der Waals surface area contributed by atoms with Gasteiger partial charge < -0.3 is 9.88 Å². The fourth-order valence-corrected chi connectivity index (χ4v) is 11.9. The van der Waals surface area contributed by atoms with Gasteiger partial charge in [0.2, 0.25) is 0 Å². The summed E-state index contributed by atoms with van der Waals surface area (Å²) >= 11 is 0. The van der Waals surface area contributed by atoms with Gasteiger partial charge in [0.25, 0.3) is 0 Å². The van der Waals surface area contributed by atoms with Crippen LogP contribution in [-0.2, 0) is 5.41 Å². The van der Waals surface area contributed by atoms with Crippen LogP contribution in [0, 0.1) is 5.41 Å². The second kappa shape index (κ2) is 15.9. The first kappa shape index (κ1) is 39.9. The molecule has 68 heavy (non-hydrogen) atoms. The second-order valence-electron chi connectivity index (χ2n) is 18.7. The number of benzene rings is 10. The number of hydrogen-bond donors (Lipinski definition) is 1. The number of hydrogen-bond acceptors (Lipinski definition) is 1. The Bertz CT molecular complexity index is 3780. The van der Waals surface area contributed by atoms with E-state index in [9.17, 15) is 0 Å². The number of rotatable bonds is 8. The Balaban J connectivity index is 1.08. The van der Waals surface area contributed by atoms with Crippen LogP contribution in [0.2, 0.25) is 0 Å². The molecule has 13 rings (SSSR count). The SMILES string of the molecule is CC1(C2(c3ccccc3)c3ccccc3-c3ccc4c(c32)c2cc(-c3ccc(Nc5cccc6ccccc56)c(-c5ccccc5)c3)ccc2n4-c2ccc(-c3ccccc3)cc2)C=CC=CC1. The van der Waals surface area contributed by atoms with Crippen molar-refractivity contribution in [2.75, 3.05) is 5.32 Å². The molecule has 0 saturated heterocycles. The van der Waals surface area contributed by atoms with Gasteiger partial charge >= 0.3 is 0 Å². The Kier molecular flexibility index (Phi) is 9.30.